The lowest BCUT2D eigenvalue weighted by Crippen LogP contribution is -2.46. The topological polar surface area (TPSA) is 62.1 Å². The lowest BCUT2D eigenvalue weighted by Gasteiger charge is -2.34. The number of benzene rings is 1. The third-order valence-corrected chi connectivity index (χ3v) is 7.85. The summed E-state index contributed by atoms with van der Waals surface area (Å²) in [6, 6.07) is 6.96. The van der Waals surface area contributed by atoms with Crippen molar-refractivity contribution >= 4 is 10.0 Å². The molecule has 0 radical (unpaired) electrons. The van der Waals surface area contributed by atoms with Crippen LogP contribution in [-0.4, -0.2) is 24.9 Å². The summed E-state index contributed by atoms with van der Waals surface area (Å²) in [5.74, 6) is 2.03. The lowest BCUT2D eigenvalue weighted by molar-refractivity contribution is 0.182. The Bertz CT molecular complexity index is 815. The largest absolute Gasteiger partial charge is 0.280 e. The first kappa shape index (κ1) is 13.7. The second-order valence-electron chi connectivity index (χ2n) is 7.25. The molecule has 0 spiro atoms. The molecule has 1 aromatic rings. The van der Waals surface area contributed by atoms with Crippen LogP contribution in [0.25, 0.3) is 0 Å². The Hall–Kier alpha value is -1.69. The van der Waals surface area contributed by atoms with Crippen LogP contribution in [0.2, 0.25) is 0 Å². The van der Waals surface area contributed by atoms with Crippen molar-refractivity contribution in [1.29, 1.82) is 0 Å². The summed E-state index contributed by atoms with van der Waals surface area (Å²) in [6.07, 6.45) is 6.76. The normalized spacial score (nSPS) is 40.0. The molecular formula is C17H19N3O2S. The zero-order valence-electron chi connectivity index (χ0n) is 12.9. The Labute approximate surface area is 136 Å². The van der Waals surface area contributed by atoms with E-state index in [-0.39, 0.29) is 12.1 Å². The van der Waals surface area contributed by atoms with Crippen molar-refractivity contribution in [2.45, 2.75) is 36.7 Å². The summed E-state index contributed by atoms with van der Waals surface area (Å²) in [5, 5.41) is 8.48. The molecule has 1 heterocycles. The third kappa shape index (κ3) is 1.70. The molecule has 3 aliphatic carbocycles. The fourth-order valence-electron chi connectivity index (χ4n) is 5.17. The SMILES string of the molecule is Cc1ccc(S(=O)(=O)N2N=N[C@@H]3[C@H]4C[C@@H]([C@@H]5C=CC[C@@H]54)[C@@H]32)cc1. The Kier molecular flexibility index (Phi) is 2.65. The molecule has 4 aliphatic rings. The molecule has 6 heteroatoms. The molecule has 2 saturated carbocycles. The number of sulfonamides is 1. The maximum atomic E-state index is 13.0. The average molecular weight is 329 g/mol. The highest BCUT2D eigenvalue weighted by atomic mass is 32.2. The van der Waals surface area contributed by atoms with E-state index in [2.05, 4.69) is 22.5 Å². The van der Waals surface area contributed by atoms with E-state index >= 15 is 0 Å². The van der Waals surface area contributed by atoms with Gasteiger partial charge in [0, 0.05) is 0 Å². The lowest BCUT2D eigenvalue weighted by atomic mass is 9.77. The van der Waals surface area contributed by atoms with Crippen LogP contribution in [0.5, 0.6) is 0 Å². The zero-order valence-corrected chi connectivity index (χ0v) is 13.7. The number of rotatable bonds is 2. The van der Waals surface area contributed by atoms with E-state index in [1.807, 2.05) is 19.1 Å². The summed E-state index contributed by atoms with van der Waals surface area (Å²) >= 11 is 0. The van der Waals surface area contributed by atoms with E-state index in [9.17, 15) is 8.42 Å². The van der Waals surface area contributed by atoms with E-state index in [1.54, 1.807) is 12.1 Å². The molecule has 120 valence electrons. The van der Waals surface area contributed by atoms with Crippen LogP contribution < -0.4 is 0 Å². The van der Waals surface area contributed by atoms with Gasteiger partial charge in [-0.15, -0.1) is 0 Å². The van der Waals surface area contributed by atoms with Crippen molar-refractivity contribution in [2.75, 3.05) is 0 Å². The molecule has 1 aliphatic heterocycles. The van der Waals surface area contributed by atoms with Gasteiger partial charge in [0.25, 0.3) is 10.0 Å². The molecule has 0 N–H and O–H groups in total. The highest BCUT2D eigenvalue weighted by Gasteiger charge is 2.63. The predicted molar refractivity (Wildman–Crippen MR) is 85.0 cm³/mol. The Morgan fingerprint density at radius 2 is 1.91 bits per heavy atom. The molecule has 5 rings (SSSR count). The molecule has 0 aromatic heterocycles. The number of hydrogen-bond donors (Lipinski definition) is 0. The number of hydrogen-bond acceptors (Lipinski definition) is 4. The van der Waals surface area contributed by atoms with E-state index in [0.717, 1.165) is 18.4 Å². The second kappa shape index (κ2) is 4.44. The quantitative estimate of drug-likeness (QED) is 0.783. The molecule has 5 nitrogen and oxygen atoms in total. The summed E-state index contributed by atoms with van der Waals surface area (Å²) in [4.78, 5) is 0.309. The fourth-order valence-corrected chi connectivity index (χ4v) is 6.61. The zero-order chi connectivity index (χ0) is 15.8. The van der Waals surface area contributed by atoms with Crippen molar-refractivity contribution in [2.24, 2.45) is 34.0 Å². The van der Waals surface area contributed by atoms with Crippen molar-refractivity contribution in [1.82, 2.24) is 4.41 Å². The van der Waals surface area contributed by atoms with Gasteiger partial charge in [-0.05, 0) is 55.6 Å². The first-order valence-electron chi connectivity index (χ1n) is 8.26. The maximum Gasteiger partial charge on any atom is 0.280 e. The van der Waals surface area contributed by atoms with Gasteiger partial charge in [0.15, 0.2) is 0 Å². The van der Waals surface area contributed by atoms with Gasteiger partial charge in [-0.2, -0.15) is 17.9 Å². The molecule has 23 heavy (non-hydrogen) atoms. The first-order chi connectivity index (χ1) is 11.1. The minimum Gasteiger partial charge on any atom is -0.200 e. The number of nitrogens with zero attached hydrogens (tertiary/aromatic N) is 3. The molecule has 2 bridgehead atoms. The van der Waals surface area contributed by atoms with Gasteiger partial charge in [-0.1, -0.05) is 35.1 Å². The number of fused-ring (bicyclic) bond motifs is 8. The Morgan fingerprint density at radius 1 is 1.13 bits per heavy atom. The van der Waals surface area contributed by atoms with Gasteiger partial charge in [0.05, 0.1) is 17.0 Å². The molecule has 0 unspecified atom stereocenters. The minimum absolute atomic E-state index is 0.0568. The number of allylic oxidation sites excluding steroid dienone is 2. The number of aryl methyl sites for hydroxylation is 1. The fraction of sp³-hybridized carbons (Fsp3) is 0.529. The van der Waals surface area contributed by atoms with Crippen molar-refractivity contribution in [3.63, 3.8) is 0 Å². The molecule has 1 aromatic carbocycles. The van der Waals surface area contributed by atoms with E-state index in [0.29, 0.717) is 28.6 Å². The van der Waals surface area contributed by atoms with Gasteiger partial charge in [-0.3, -0.25) is 0 Å². The van der Waals surface area contributed by atoms with Crippen LogP contribution in [0, 0.1) is 30.6 Å². The standard InChI is InChI=1S/C17H19N3O2S/c1-10-5-7-11(8-6-10)23(21,22)20-17-15-9-14(16(17)18-19-20)12-3-2-4-13(12)15/h2,4-8,12-17H,3,9H2,1H3/t12-,13+,14-,15-,16+,17-/m0/s1. The summed E-state index contributed by atoms with van der Waals surface area (Å²) in [5.41, 5.74) is 1.05. The van der Waals surface area contributed by atoms with Crippen LogP contribution in [-0.2, 0) is 10.0 Å². The molecule has 2 fully saturated rings. The second-order valence-corrected chi connectivity index (χ2v) is 9.04. The minimum atomic E-state index is -3.61. The Balaban J connectivity index is 1.52. The van der Waals surface area contributed by atoms with Gasteiger partial charge >= 0.3 is 0 Å². The van der Waals surface area contributed by atoms with Gasteiger partial charge < -0.3 is 0 Å². The average Bonchev–Trinajstić information content (AvgIpc) is 3.25. The highest BCUT2D eigenvalue weighted by Crippen LogP contribution is 2.60. The highest BCUT2D eigenvalue weighted by molar-refractivity contribution is 7.89. The van der Waals surface area contributed by atoms with Crippen LogP contribution >= 0.6 is 0 Å². The molecule has 6 atom stereocenters. The van der Waals surface area contributed by atoms with Gasteiger partial charge in [0.1, 0.15) is 0 Å². The van der Waals surface area contributed by atoms with Gasteiger partial charge in [-0.25, -0.2) is 0 Å². The van der Waals surface area contributed by atoms with Crippen molar-refractivity contribution in [3.05, 3.63) is 42.0 Å². The maximum absolute atomic E-state index is 13.0. The van der Waals surface area contributed by atoms with Crippen LogP contribution in [0.3, 0.4) is 0 Å². The summed E-state index contributed by atoms with van der Waals surface area (Å²) < 4.78 is 27.3. The molecular weight excluding hydrogens is 310 g/mol. The summed E-state index contributed by atoms with van der Waals surface area (Å²) in [6.45, 7) is 1.95. The molecule has 0 saturated heterocycles. The molecule has 0 amide bonds. The van der Waals surface area contributed by atoms with E-state index in [4.69, 9.17) is 0 Å². The smallest absolute Gasteiger partial charge is 0.200 e. The van der Waals surface area contributed by atoms with Crippen LogP contribution in [0.4, 0.5) is 0 Å². The Morgan fingerprint density at radius 3 is 2.70 bits per heavy atom. The van der Waals surface area contributed by atoms with Crippen LogP contribution in [0.15, 0.2) is 51.7 Å². The van der Waals surface area contributed by atoms with Gasteiger partial charge in [0.2, 0.25) is 0 Å². The van der Waals surface area contributed by atoms with E-state index in [1.165, 1.54) is 4.41 Å². The summed E-state index contributed by atoms with van der Waals surface area (Å²) in [7, 11) is -3.61. The van der Waals surface area contributed by atoms with Crippen molar-refractivity contribution < 1.29 is 8.42 Å². The first-order valence-corrected chi connectivity index (χ1v) is 9.70. The van der Waals surface area contributed by atoms with Crippen LogP contribution in [0.1, 0.15) is 18.4 Å². The van der Waals surface area contributed by atoms with Crippen molar-refractivity contribution in [3.8, 4) is 0 Å². The monoisotopic (exact) mass is 329 g/mol. The van der Waals surface area contributed by atoms with E-state index < -0.39 is 10.0 Å². The predicted octanol–water partition coefficient (Wildman–Crippen LogP) is 2.95. The third-order valence-electron chi connectivity index (χ3n) is 6.17.